The van der Waals surface area contributed by atoms with Gasteiger partial charge in [0.1, 0.15) is 0 Å². The van der Waals surface area contributed by atoms with E-state index in [1.54, 1.807) is 19.4 Å². The molecule has 1 aromatic carbocycles. The third kappa shape index (κ3) is 3.89. The van der Waals surface area contributed by atoms with Gasteiger partial charge in [0.05, 0.1) is 6.54 Å². The van der Waals surface area contributed by atoms with E-state index in [0.29, 0.717) is 13.1 Å². The van der Waals surface area contributed by atoms with E-state index >= 15 is 0 Å². The molecular formula is C15H17N3O. The van der Waals surface area contributed by atoms with Crippen LogP contribution in [-0.4, -0.2) is 24.5 Å². The van der Waals surface area contributed by atoms with Crippen molar-refractivity contribution >= 4 is 5.91 Å². The molecule has 0 unspecified atom stereocenters. The van der Waals surface area contributed by atoms with Crippen LogP contribution in [0.4, 0.5) is 0 Å². The van der Waals surface area contributed by atoms with Crippen LogP contribution in [-0.2, 0) is 11.3 Å². The minimum absolute atomic E-state index is 0.00295. The van der Waals surface area contributed by atoms with E-state index in [4.69, 9.17) is 0 Å². The zero-order valence-corrected chi connectivity index (χ0v) is 10.9. The Labute approximate surface area is 112 Å². The Kier molecular flexibility index (Phi) is 4.64. The fourth-order valence-corrected chi connectivity index (χ4v) is 1.83. The first-order chi connectivity index (χ1) is 9.29. The highest BCUT2D eigenvalue weighted by atomic mass is 16.1. The number of likely N-dealkylation sites (N-methyl/N-ethyl adjacent to an activating group) is 1. The van der Waals surface area contributed by atoms with E-state index in [2.05, 4.69) is 21.7 Å². The molecule has 0 bridgehead atoms. The monoisotopic (exact) mass is 255 g/mol. The molecule has 0 atom stereocenters. The quantitative estimate of drug-likeness (QED) is 0.853. The SMILES string of the molecule is CNCC(=O)NCc1cccc(-c2ccncc2)c1. The summed E-state index contributed by atoms with van der Waals surface area (Å²) in [6.45, 7) is 0.878. The first-order valence-corrected chi connectivity index (χ1v) is 6.20. The standard InChI is InChI=1S/C15H17N3O/c1-16-11-15(19)18-10-12-3-2-4-14(9-12)13-5-7-17-8-6-13/h2-9,16H,10-11H2,1H3,(H,18,19). The Morgan fingerprint density at radius 3 is 2.68 bits per heavy atom. The second kappa shape index (κ2) is 6.66. The van der Waals surface area contributed by atoms with Crippen LogP contribution in [0.2, 0.25) is 0 Å². The number of benzene rings is 1. The zero-order valence-electron chi connectivity index (χ0n) is 10.9. The molecule has 4 nitrogen and oxygen atoms in total. The molecule has 0 saturated carbocycles. The molecule has 0 spiro atoms. The molecule has 2 rings (SSSR count). The average Bonchev–Trinajstić information content (AvgIpc) is 2.47. The molecule has 98 valence electrons. The van der Waals surface area contributed by atoms with Crippen molar-refractivity contribution in [2.45, 2.75) is 6.54 Å². The summed E-state index contributed by atoms with van der Waals surface area (Å²) < 4.78 is 0. The third-order valence-corrected chi connectivity index (χ3v) is 2.77. The molecule has 1 aromatic heterocycles. The molecule has 0 aliphatic heterocycles. The van der Waals surface area contributed by atoms with E-state index in [1.165, 1.54) is 0 Å². The number of carbonyl (C=O) groups excluding carboxylic acids is 1. The van der Waals surface area contributed by atoms with Gasteiger partial charge in [-0.15, -0.1) is 0 Å². The molecule has 2 N–H and O–H groups in total. The van der Waals surface area contributed by atoms with Crippen LogP contribution in [0.25, 0.3) is 11.1 Å². The fraction of sp³-hybridized carbons (Fsp3) is 0.200. The van der Waals surface area contributed by atoms with Crippen molar-refractivity contribution in [3.05, 3.63) is 54.4 Å². The van der Waals surface area contributed by atoms with Gasteiger partial charge in [-0.1, -0.05) is 18.2 Å². The van der Waals surface area contributed by atoms with Crippen LogP contribution < -0.4 is 10.6 Å². The molecular weight excluding hydrogens is 238 g/mol. The molecule has 2 aromatic rings. The maximum Gasteiger partial charge on any atom is 0.234 e. The van der Waals surface area contributed by atoms with Crippen LogP contribution in [0.5, 0.6) is 0 Å². The van der Waals surface area contributed by atoms with Crippen molar-refractivity contribution in [3.63, 3.8) is 0 Å². The summed E-state index contributed by atoms with van der Waals surface area (Å²) in [5.41, 5.74) is 3.33. The summed E-state index contributed by atoms with van der Waals surface area (Å²) >= 11 is 0. The van der Waals surface area contributed by atoms with Gasteiger partial charge >= 0.3 is 0 Å². The van der Waals surface area contributed by atoms with E-state index < -0.39 is 0 Å². The van der Waals surface area contributed by atoms with Crippen LogP contribution in [0.15, 0.2) is 48.8 Å². The fourth-order valence-electron chi connectivity index (χ4n) is 1.83. The molecule has 4 heteroatoms. The maximum absolute atomic E-state index is 11.4. The summed E-state index contributed by atoms with van der Waals surface area (Å²) in [5, 5.41) is 5.69. The van der Waals surface area contributed by atoms with E-state index in [9.17, 15) is 4.79 Å². The number of aromatic nitrogens is 1. The Morgan fingerprint density at radius 1 is 1.16 bits per heavy atom. The molecule has 0 aliphatic rings. The number of nitrogens with one attached hydrogen (secondary N) is 2. The van der Waals surface area contributed by atoms with E-state index in [0.717, 1.165) is 16.7 Å². The number of hydrogen-bond acceptors (Lipinski definition) is 3. The van der Waals surface area contributed by atoms with Crippen molar-refractivity contribution in [3.8, 4) is 11.1 Å². The van der Waals surface area contributed by atoms with Crippen molar-refractivity contribution in [2.75, 3.05) is 13.6 Å². The molecule has 0 fully saturated rings. The molecule has 19 heavy (non-hydrogen) atoms. The lowest BCUT2D eigenvalue weighted by Crippen LogP contribution is -2.31. The van der Waals surface area contributed by atoms with Gasteiger partial charge in [0.15, 0.2) is 0 Å². The van der Waals surface area contributed by atoms with Crippen LogP contribution in [0.1, 0.15) is 5.56 Å². The molecule has 0 saturated heterocycles. The number of carbonyl (C=O) groups is 1. The number of hydrogen-bond donors (Lipinski definition) is 2. The van der Waals surface area contributed by atoms with Crippen molar-refractivity contribution < 1.29 is 4.79 Å². The first-order valence-electron chi connectivity index (χ1n) is 6.20. The summed E-state index contributed by atoms with van der Waals surface area (Å²) in [4.78, 5) is 15.4. The zero-order chi connectivity index (χ0) is 13.5. The summed E-state index contributed by atoms with van der Waals surface area (Å²) in [6, 6.07) is 12.1. The summed E-state index contributed by atoms with van der Waals surface area (Å²) in [5.74, 6) is -0.00295. The highest BCUT2D eigenvalue weighted by Crippen LogP contribution is 2.19. The van der Waals surface area contributed by atoms with Gasteiger partial charge in [0.2, 0.25) is 5.91 Å². The van der Waals surface area contributed by atoms with E-state index in [1.807, 2.05) is 30.3 Å². The van der Waals surface area contributed by atoms with Crippen molar-refractivity contribution in [1.82, 2.24) is 15.6 Å². The first kappa shape index (κ1) is 13.2. The lowest BCUT2D eigenvalue weighted by molar-refractivity contribution is -0.120. The number of rotatable bonds is 5. The average molecular weight is 255 g/mol. The molecule has 0 aliphatic carbocycles. The van der Waals surface area contributed by atoms with Crippen LogP contribution in [0.3, 0.4) is 0 Å². The summed E-state index contributed by atoms with van der Waals surface area (Å²) in [7, 11) is 1.75. The highest BCUT2D eigenvalue weighted by molar-refractivity contribution is 5.78. The van der Waals surface area contributed by atoms with Crippen molar-refractivity contribution in [1.29, 1.82) is 0 Å². The number of pyridine rings is 1. The van der Waals surface area contributed by atoms with Gasteiger partial charge in [-0.05, 0) is 41.9 Å². The Bertz CT molecular complexity index is 540. The van der Waals surface area contributed by atoms with Crippen molar-refractivity contribution in [2.24, 2.45) is 0 Å². The Hall–Kier alpha value is -2.20. The number of nitrogens with zero attached hydrogens (tertiary/aromatic N) is 1. The minimum atomic E-state index is -0.00295. The molecule has 1 amide bonds. The largest absolute Gasteiger partial charge is 0.351 e. The van der Waals surface area contributed by atoms with Crippen LogP contribution in [0, 0.1) is 0 Å². The maximum atomic E-state index is 11.4. The van der Waals surface area contributed by atoms with Gasteiger partial charge in [-0.3, -0.25) is 9.78 Å². The molecule has 0 radical (unpaired) electrons. The highest BCUT2D eigenvalue weighted by Gasteiger charge is 2.01. The minimum Gasteiger partial charge on any atom is -0.351 e. The predicted molar refractivity (Wildman–Crippen MR) is 75.4 cm³/mol. The third-order valence-electron chi connectivity index (χ3n) is 2.77. The topological polar surface area (TPSA) is 54.0 Å². The van der Waals surface area contributed by atoms with Gasteiger partial charge in [-0.2, -0.15) is 0 Å². The number of amides is 1. The lowest BCUT2D eigenvalue weighted by atomic mass is 10.0. The normalized spacial score (nSPS) is 10.2. The second-order valence-electron chi connectivity index (χ2n) is 4.24. The second-order valence-corrected chi connectivity index (χ2v) is 4.24. The lowest BCUT2D eigenvalue weighted by Gasteiger charge is -2.07. The molecule has 1 heterocycles. The smallest absolute Gasteiger partial charge is 0.234 e. The Balaban J connectivity index is 2.06. The summed E-state index contributed by atoms with van der Waals surface area (Å²) in [6.07, 6.45) is 3.55. The van der Waals surface area contributed by atoms with Gasteiger partial charge in [-0.25, -0.2) is 0 Å². The van der Waals surface area contributed by atoms with E-state index in [-0.39, 0.29) is 5.91 Å². The van der Waals surface area contributed by atoms with Gasteiger partial charge in [0, 0.05) is 18.9 Å². The van der Waals surface area contributed by atoms with Crippen LogP contribution >= 0.6 is 0 Å². The van der Waals surface area contributed by atoms with Gasteiger partial charge < -0.3 is 10.6 Å². The predicted octanol–water partition coefficient (Wildman–Crippen LogP) is 1.58. The Morgan fingerprint density at radius 2 is 1.95 bits per heavy atom. The van der Waals surface area contributed by atoms with Gasteiger partial charge in [0.25, 0.3) is 0 Å².